The van der Waals surface area contributed by atoms with Gasteiger partial charge in [0.15, 0.2) is 0 Å². The van der Waals surface area contributed by atoms with Gasteiger partial charge in [-0.2, -0.15) is 0 Å². The van der Waals surface area contributed by atoms with E-state index in [1.807, 2.05) is 24.8 Å². The number of carbonyl (C=O) groups excluding carboxylic acids is 1. The van der Waals surface area contributed by atoms with Gasteiger partial charge >= 0.3 is 0 Å². The highest BCUT2D eigenvalue weighted by Gasteiger charge is 2.24. The van der Waals surface area contributed by atoms with Crippen molar-refractivity contribution in [3.8, 4) is 0 Å². The second-order valence-electron chi connectivity index (χ2n) is 8.11. The summed E-state index contributed by atoms with van der Waals surface area (Å²) in [5.74, 6) is 1.32. The Labute approximate surface area is 192 Å². The molecule has 1 fully saturated rings. The first-order valence-electron chi connectivity index (χ1n) is 10.8. The number of carbonyl (C=O) groups is 1. The first-order valence-corrected chi connectivity index (χ1v) is 11.2. The topological polar surface area (TPSA) is 49.3 Å². The Morgan fingerprint density at radius 1 is 1.03 bits per heavy atom. The fraction of sp³-hybridized carbons (Fsp3) is 0.320. The van der Waals surface area contributed by atoms with Gasteiger partial charge in [-0.05, 0) is 56.2 Å². The number of amides is 1. The molecule has 32 heavy (non-hydrogen) atoms. The molecular weight excluding hydrogens is 427 g/mol. The molecule has 1 aliphatic rings. The molecule has 1 aromatic heterocycles. The summed E-state index contributed by atoms with van der Waals surface area (Å²) >= 11 is 6.07. The SMILES string of the molecule is Cc1nc(C)c(Cc2cccc(F)c2)c(N2CCCN(C(=O)c3cccc(Cl)c3)CC2)n1. The molecule has 0 bridgehead atoms. The highest BCUT2D eigenvalue weighted by molar-refractivity contribution is 6.30. The van der Waals surface area contributed by atoms with Crippen LogP contribution in [0.1, 0.15) is 39.4 Å². The normalized spacial score (nSPS) is 14.4. The van der Waals surface area contributed by atoms with E-state index in [0.717, 1.165) is 35.6 Å². The first kappa shape index (κ1) is 22.2. The fourth-order valence-corrected chi connectivity index (χ4v) is 4.36. The van der Waals surface area contributed by atoms with Crippen LogP contribution in [-0.2, 0) is 6.42 Å². The molecule has 1 aliphatic heterocycles. The monoisotopic (exact) mass is 452 g/mol. The smallest absolute Gasteiger partial charge is 0.253 e. The molecule has 0 unspecified atom stereocenters. The predicted octanol–water partition coefficient (Wildman–Crippen LogP) is 4.83. The molecule has 2 heterocycles. The van der Waals surface area contributed by atoms with Crippen molar-refractivity contribution < 1.29 is 9.18 Å². The average Bonchev–Trinajstić information content (AvgIpc) is 3.01. The molecule has 0 spiro atoms. The Morgan fingerprint density at radius 2 is 1.84 bits per heavy atom. The van der Waals surface area contributed by atoms with Gasteiger partial charge in [0, 0.05) is 54.4 Å². The lowest BCUT2D eigenvalue weighted by molar-refractivity contribution is 0.0767. The van der Waals surface area contributed by atoms with Crippen molar-refractivity contribution in [3.05, 3.63) is 87.6 Å². The van der Waals surface area contributed by atoms with Gasteiger partial charge in [0.1, 0.15) is 17.5 Å². The van der Waals surface area contributed by atoms with E-state index in [1.54, 1.807) is 36.4 Å². The molecule has 7 heteroatoms. The highest BCUT2D eigenvalue weighted by Crippen LogP contribution is 2.26. The predicted molar refractivity (Wildman–Crippen MR) is 125 cm³/mol. The minimum atomic E-state index is -0.250. The summed E-state index contributed by atoms with van der Waals surface area (Å²) in [5.41, 5.74) is 3.38. The van der Waals surface area contributed by atoms with E-state index >= 15 is 0 Å². The summed E-state index contributed by atoms with van der Waals surface area (Å²) in [6.07, 6.45) is 1.38. The van der Waals surface area contributed by atoms with Crippen LogP contribution >= 0.6 is 11.6 Å². The van der Waals surface area contributed by atoms with Crippen LogP contribution in [0.5, 0.6) is 0 Å². The number of aryl methyl sites for hydroxylation is 2. The lowest BCUT2D eigenvalue weighted by atomic mass is 10.0. The van der Waals surface area contributed by atoms with Crippen LogP contribution < -0.4 is 4.90 Å². The van der Waals surface area contributed by atoms with Gasteiger partial charge in [-0.25, -0.2) is 14.4 Å². The summed E-state index contributed by atoms with van der Waals surface area (Å²) in [6.45, 7) is 6.57. The minimum absolute atomic E-state index is 0.00983. The number of nitrogens with zero attached hydrogens (tertiary/aromatic N) is 4. The van der Waals surface area contributed by atoms with Gasteiger partial charge in [-0.1, -0.05) is 29.8 Å². The van der Waals surface area contributed by atoms with Crippen LogP contribution in [0.3, 0.4) is 0 Å². The number of rotatable bonds is 4. The Kier molecular flexibility index (Phi) is 6.70. The number of aromatic nitrogens is 2. The van der Waals surface area contributed by atoms with Crippen LogP contribution in [0.25, 0.3) is 0 Å². The average molecular weight is 453 g/mol. The van der Waals surface area contributed by atoms with E-state index in [9.17, 15) is 9.18 Å². The van der Waals surface area contributed by atoms with Gasteiger partial charge in [0.25, 0.3) is 5.91 Å². The zero-order chi connectivity index (χ0) is 22.7. The van der Waals surface area contributed by atoms with Gasteiger partial charge < -0.3 is 9.80 Å². The van der Waals surface area contributed by atoms with Crippen molar-refractivity contribution in [1.29, 1.82) is 0 Å². The fourth-order valence-electron chi connectivity index (χ4n) is 4.17. The van der Waals surface area contributed by atoms with Gasteiger partial charge in [0.05, 0.1) is 0 Å². The summed E-state index contributed by atoms with van der Waals surface area (Å²) in [5, 5.41) is 0.557. The van der Waals surface area contributed by atoms with Crippen LogP contribution in [0, 0.1) is 19.7 Å². The van der Waals surface area contributed by atoms with Crippen molar-refractivity contribution in [2.75, 3.05) is 31.1 Å². The van der Waals surface area contributed by atoms with Crippen LogP contribution in [0.2, 0.25) is 5.02 Å². The summed E-state index contributed by atoms with van der Waals surface area (Å²) in [4.78, 5) is 26.4. The maximum absolute atomic E-state index is 13.7. The standard InChI is InChI=1S/C25H26ClFN4O/c1-17-23(15-19-6-3-9-22(27)14-19)24(29-18(2)28-17)30-10-5-11-31(13-12-30)25(32)20-7-4-8-21(26)16-20/h3-4,6-9,14,16H,5,10-13,15H2,1-2H3. The molecule has 0 saturated carbocycles. The highest BCUT2D eigenvalue weighted by atomic mass is 35.5. The molecule has 0 radical (unpaired) electrons. The molecule has 0 N–H and O–H groups in total. The molecule has 0 atom stereocenters. The van der Waals surface area contributed by atoms with E-state index in [2.05, 4.69) is 9.88 Å². The molecular formula is C25H26ClFN4O. The zero-order valence-electron chi connectivity index (χ0n) is 18.3. The van der Waals surface area contributed by atoms with E-state index in [-0.39, 0.29) is 11.7 Å². The Balaban J connectivity index is 1.57. The van der Waals surface area contributed by atoms with E-state index in [4.69, 9.17) is 16.6 Å². The first-order chi connectivity index (χ1) is 15.4. The molecule has 5 nitrogen and oxygen atoms in total. The molecule has 4 rings (SSSR count). The zero-order valence-corrected chi connectivity index (χ0v) is 19.1. The molecule has 2 aromatic carbocycles. The Morgan fingerprint density at radius 3 is 2.62 bits per heavy atom. The van der Waals surface area contributed by atoms with Crippen molar-refractivity contribution in [2.45, 2.75) is 26.7 Å². The number of hydrogen-bond acceptors (Lipinski definition) is 4. The number of benzene rings is 2. The number of anilines is 1. The summed E-state index contributed by atoms with van der Waals surface area (Å²) < 4.78 is 13.7. The lowest BCUT2D eigenvalue weighted by Crippen LogP contribution is -2.35. The summed E-state index contributed by atoms with van der Waals surface area (Å²) in [6, 6.07) is 13.7. The van der Waals surface area contributed by atoms with E-state index in [0.29, 0.717) is 42.5 Å². The van der Waals surface area contributed by atoms with Crippen molar-refractivity contribution >= 4 is 23.3 Å². The lowest BCUT2D eigenvalue weighted by Gasteiger charge is -2.26. The van der Waals surface area contributed by atoms with Crippen molar-refractivity contribution in [2.24, 2.45) is 0 Å². The quantitative estimate of drug-likeness (QED) is 0.569. The second kappa shape index (κ2) is 9.65. The molecule has 1 amide bonds. The third kappa shape index (κ3) is 5.07. The third-order valence-electron chi connectivity index (χ3n) is 5.73. The molecule has 1 saturated heterocycles. The number of hydrogen-bond donors (Lipinski definition) is 0. The largest absolute Gasteiger partial charge is 0.354 e. The second-order valence-corrected chi connectivity index (χ2v) is 8.54. The van der Waals surface area contributed by atoms with Crippen LogP contribution in [0.4, 0.5) is 10.2 Å². The van der Waals surface area contributed by atoms with Crippen molar-refractivity contribution in [3.63, 3.8) is 0 Å². The molecule has 0 aliphatic carbocycles. The van der Waals surface area contributed by atoms with Crippen LogP contribution in [-0.4, -0.2) is 47.0 Å². The molecule has 166 valence electrons. The van der Waals surface area contributed by atoms with E-state index < -0.39 is 0 Å². The maximum atomic E-state index is 13.7. The minimum Gasteiger partial charge on any atom is -0.354 e. The van der Waals surface area contributed by atoms with Gasteiger partial charge in [-0.3, -0.25) is 4.79 Å². The number of halogens is 2. The molecule has 3 aromatic rings. The van der Waals surface area contributed by atoms with Gasteiger partial charge in [0.2, 0.25) is 0 Å². The summed E-state index contributed by atoms with van der Waals surface area (Å²) in [7, 11) is 0. The third-order valence-corrected chi connectivity index (χ3v) is 5.96. The van der Waals surface area contributed by atoms with Crippen molar-refractivity contribution in [1.82, 2.24) is 14.9 Å². The maximum Gasteiger partial charge on any atom is 0.253 e. The van der Waals surface area contributed by atoms with Gasteiger partial charge in [-0.15, -0.1) is 0 Å². The van der Waals surface area contributed by atoms with E-state index in [1.165, 1.54) is 6.07 Å². The van der Waals surface area contributed by atoms with Crippen LogP contribution in [0.15, 0.2) is 48.5 Å². The Hall–Kier alpha value is -2.99. The Bertz CT molecular complexity index is 1140.